The highest BCUT2D eigenvalue weighted by atomic mass is 16.2. The summed E-state index contributed by atoms with van der Waals surface area (Å²) in [5.74, 6) is 1.08. The number of piperazine rings is 1. The van der Waals surface area contributed by atoms with Crippen LogP contribution in [0.3, 0.4) is 0 Å². The number of benzene rings is 2. The molecule has 2 fully saturated rings. The first-order valence-electron chi connectivity index (χ1n) is 11.3. The molecule has 32 heavy (non-hydrogen) atoms. The van der Waals surface area contributed by atoms with Gasteiger partial charge in [-0.1, -0.05) is 24.3 Å². The van der Waals surface area contributed by atoms with Crippen LogP contribution in [-0.4, -0.2) is 51.8 Å². The molecule has 0 bridgehead atoms. The molecule has 6 nitrogen and oxygen atoms in total. The number of amides is 1. The molecule has 0 spiro atoms. The van der Waals surface area contributed by atoms with Crippen molar-refractivity contribution in [2.45, 2.75) is 18.9 Å². The van der Waals surface area contributed by atoms with E-state index in [1.54, 1.807) is 0 Å². The van der Waals surface area contributed by atoms with E-state index in [0.29, 0.717) is 19.1 Å². The van der Waals surface area contributed by atoms with Crippen LogP contribution in [0.5, 0.6) is 0 Å². The van der Waals surface area contributed by atoms with Gasteiger partial charge in [0.05, 0.1) is 12.2 Å². The van der Waals surface area contributed by atoms with Crippen molar-refractivity contribution in [1.82, 2.24) is 19.7 Å². The standard InChI is InChI=1S/C26H25N5O/c32-26(30-13-11-29(12-14-30)25-3-1-2-10-27-25)22-7-6-19-15-21(5-4-20(19)16-22)23-17-28-31(18-23)24-8-9-24/h1-7,10,15-18,24H,8-9,11-14H2. The normalized spacial score (nSPS) is 16.5. The van der Waals surface area contributed by atoms with Gasteiger partial charge >= 0.3 is 0 Å². The Hall–Kier alpha value is -3.67. The van der Waals surface area contributed by atoms with Crippen molar-refractivity contribution in [3.05, 3.63) is 78.8 Å². The quantitative estimate of drug-likeness (QED) is 0.488. The number of pyridine rings is 1. The van der Waals surface area contributed by atoms with Crippen molar-refractivity contribution >= 4 is 22.5 Å². The largest absolute Gasteiger partial charge is 0.353 e. The Morgan fingerprint density at radius 1 is 0.875 bits per heavy atom. The molecule has 0 radical (unpaired) electrons. The molecule has 1 amide bonds. The summed E-state index contributed by atoms with van der Waals surface area (Å²) in [5.41, 5.74) is 3.05. The van der Waals surface area contributed by atoms with Crippen LogP contribution in [0, 0.1) is 0 Å². The first-order chi connectivity index (χ1) is 15.7. The third-order valence-corrected chi connectivity index (χ3v) is 6.48. The van der Waals surface area contributed by atoms with Crippen LogP contribution in [0.1, 0.15) is 29.2 Å². The predicted molar refractivity (Wildman–Crippen MR) is 126 cm³/mol. The summed E-state index contributed by atoms with van der Waals surface area (Å²) in [6.45, 7) is 3.01. The highest BCUT2D eigenvalue weighted by Crippen LogP contribution is 2.35. The molecule has 1 saturated carbocycles. The molecule has 2 aliphatic rings. The smallest absolute Gasteiger partial charge is 0.253 e. The fourth-order valence-electron chi connectivity index (χ4n) is 4.45. The number of carbonyl (C=O) groups excluding carboxylic acids is 1. The van der Waals surface area contributed by atoms with E-state index in [2.05, 4.69) is 50.1 Å². The summed E-state index contributed by atoms with van der Waals surface area (Å²) < 4.78 is 2.08. The number of anilines is 1. The average molecular weight is 424 g/mol. The Kier molecular flexibility index (Phi) is 4.63. The van der Waals surface area contributed by atoms with Crippen molar-refractivity contribution in [3.8, 4) is 11.1 Å². The number of fused-ring (bicyclic) bond motifs is 1. The molecule has 160 valence electrons. The third kappa shape index (κ3) is 3.62. The fraction of sp³-hybridized carbons (Fsp3) is 0.269. The second-order valence-electron chi connectivity index (χ2n) is 8.68. The Bertz CT molecular complexity index is 1270. The van der Waals surface area contributed by atoms with Crippen LogP contribution in [0.25, 0.3) is 21.9 Å². The summed E-state index contributed by atoms with van der Waals surface area (Å²) in [4.78, 5) is 21.7. The summed E-state index contributed by atoms with van der Waals surface area (Å²) in [6, 6.07) is 19.0. The second kappa shape index (κ2) is 7.79. The van der Waals surface area contributed by atoms with Gasteiger partial charge in [-0.25, -0.2) is 4.98 Å². The van der Waals surface area contributed by atoms with E-state index in [4.69, 9.17) is 0 Å². The van der Waals surface area contributed by atoms with Crippen molar-refractivity contribution in [1.29, 1.82) is 0 Å². The highest BCUT2D eigenvalue weighted by molar-refractivity contribution is 5.99. The topological polar surface area (TPSA) is 54.3 Å². The van der Waals surface area contributed by atoms with Gasteiger partial charge in [-0.15, -0.1) is 0 Å². The lowest BCUT2D eigenvalue weighted by molar-refractivity contribution is 0.0746. The zero-order valence-corrected chi connectivity index (χ0v) is 17.9. The molecule has 1 aliphatic carbocycles. The van der Waals surface area contributed by atoms with Gasteiger partial charge in [0, 0.05) is 49.7 Å². The van der Waals surface area contributed by atoms with Crippen LogP contribution >= 0.6 is 0 Å². The van der Waals surface area contributed by atoms with E-state index in [1.165, 1.54) is 12.8 Å². The number of aromatic nitrogens is 3. The van der Waals surface area contributed by atoms with Gasteiger partial charge in [-0.05, 0) is 59.5 Å². The van der Waals surface area contributed by atoms with Crippen LogP contribution < -0.4 is 4.90 Å². The number of nitrogens with zero attached hydrogens (tertiary/aromatic N) is 5. The maximum absolute atomic E-state index is 13.1. The first-order valence-corrected chi connectivity index (χ1v) is 11.3. The van der Waals surface area contributed by atoms with Gasteiger partial charge in [-0.2, -0.15) is 5.10 Å². The SMILES string of the molecule is O=C(c1ccc2cc(-c3cnn(C4CC4)c3)ccc2c1)N1CCN(c2ccccn2)CC1. The molecule has 1 saturated heterocycles. The number of hydrogen-bond acceptors (Lipinski definition) is 4. The van der Waals surface area contributed by atoms with Crippen molar-refractivity contribution in [2.75, 3.05) is 31.1 Å². The van der Waals surface area contributed by atoms with Gasteiger partial charge in [0.2, 0.25) is 0 Å². The summed E-state index contributed by atoms with van der Waals surface area (Å²) in [6.07, 6.45) is 8.36. The molecule has 6 rings (SSSR count). The Morgan fingerprint density at radius 2 is 1.69 bits per heavy atom. The minimum atomic E-state index is 0.0994. The van der Waals surface area contributed by atoms with Gasteiger partial charge in [0.1, 0.15) is 5.82 Å². The van der Waals surface area contributed by atoms with Crippen LogP contribution in [0.4, 0.5) is 5.82 Å². The van der Waals surface area contributed by atoms with Gasteiger partial charge in [-0.3, -0.25) is 9.48 Å². The monoisotopic (exact) mass is 423 g/mol. The first kappa shape index (κ1) is 19.0. The fourth-order valence-corrected chi connectivity index (χ4v) is 4.45. The molecule has 2 aromatic carbocycles. The Morgan fingerprint density at radius 3 is 2.47 bits per heavy atom. The average Bonchev–Trinajstić information content (AvgIpc) is 3.60. The van der Waals surface area contributed by atoms with Crippen LogP contribution in [0.15, 0.2) is 73.2 Å². The lowest BCUT2D eigenvalue weighted by atomic mass is 10.0. The zero-order chi connectivity index (χ0) is 21.5. The van der Waals surface area contributed by atoms with Gasteiger partial charge < -0.3 is 9.80 Å². The lowest BCUT2D eigenvalue weighted by Crippen LogP contribution is -2.49. The molecular formula is C26H25N5O. The van der Waals surface area contributed by atoms with Crippen molar-refractivity contribution < 1.29 is 4.79 Å². The van der Waals surface area contributed by atoms with Gasteiger partial charge in [0.25, 0.3) is 5.91 Å². The number of rotatable bonds is 4. The molecule has 0 atom stereocenters. The molecule has 0 unspecified atom stereocenters. The summed E-state index contributed by atoms with van der Waals surface area (Å²) >= 11 is 0. The van der Waals surface area contributed by atoms with Crippen molar-refractivity contribution in [3.63, 3.8) is 0 Å². The number of hydrogen-bond donors (Lipinski definition) is 0. The second-order valence-corrected chi connectivity index (χ2v) is 8.68. The van der Waals surface area contributed by atoms with Crippen LogP contribution in [0.2, 0.25) is 0 Å². The lowest BCUT2D eigenvalue weighted by Gasteiger charge is -2.35. The van der Waals surface area contributed by atoms with E-state index < -0.39 is 0 Å². The number of carbonyl (C=O) groups is 1. The summed E-state index contributed by atoms with van der Waals surface area (Å²) in [5, 5.41) is 6.73. The minimum Gasteiger partial charge on any atom is -0.353 e. The molecule has 2 aromatic heterocycles. The predicted octanol–water partition coefficient (Wildman–Crippen LogP) is 4.40. The maximum atomic E-state index is 13.1. The minimum absolute atomic E-state index is 0.0994. The van der Waals surface area contributed by atoms with Crippen LogP contribution in [-0.2, 0) is 0 Å². The molecule has 0 N–H and O–H groups in total. The Labute approximate surface area is 187 Å². The van der Waals surface area contributed by atoms with E-state index in [9.17, 15) is 4.79 Å². The maximum Gasteiger partial charge on any atom is 0.253 e. The van der Waals surface area contributed by atoms with E-state index in [1.807, 2.05) is 47.6 Å². The van der Waals surface area contributed by atoms with E-state index >= 15 is 0 Å². The van der Waals surface area contributed by atoms with Crippen molar-refractivity contribution in [2.24, 2.45) is 0 Å². The summed E-state index contributed by atoms with van der Waals surface area (Å²) in [7, 11) is 0. The molecular weight excluding hydrogens is 398 g/mol. The molecule has 4 aromatic rings. The van der Waals surface area contributed by atoms with Gasteiger partial charge in [0.15, 0.2) is 0 Å². The van der Waals surface area contributed by atoms with E-state index in [-0.39, 0.29) is 5.91 Å². The molecule has 1 aliphatic heterocycles. The van der Waals surface area contributed by atoms with E-state index in [0.717, 1.165) is 46.4 Å². The zero-order valence-electron chi connectivity index (χ0n) is 17.9. The third-order valence-electron chi connectivity index (χ3n) is 6.48. The highest BCUT2D eigenvalue weighted by Gasteiger charge is 2.25. The Balaban J connectivity index is 1.17. The molecule has 6 heteroatoms. The molecule has 3 heterocycles.